The Morgan fingerprint density at radius 1 is 1.10 bits per heavy atom. The van der Waals surface area contributed by atoms with E-state index in [2.05, 4.69) is 0 Å². The van der Waals surface area contributed by atoms with Crippen molar-refractivity contribution in [2.24, 2.45) is 0 Å². The third kappa shape index (κ3) is 5.48. The van der Waals surface area contributed by atoms with E-state index < -0.39 is 11.2 Å². The number of amides is 1. The first-order valence-corrected chi connectivity index (χ1v) is 11.0. The number of thioether (sulfide) groups is 1. The fraction of sp³-hybridized carbons (Fsp3) is 0.391. The zero-order chi connectivity index (χ0) is 21.5. The van der Waals surface area contributed by atoms with Crippen molar-refractivity contribution in [2.45, 2.75) is 42.9 Å². The van der Waals surface area contributed by atoms with E-state index in [9.17, 15) is 14.7 Å². The van der Waals surface area contributed by atoms with E-state index in [4.69, 9.17) is 9.47 Å². The average molecular weight is 430 g/mol. The van der Waals surface area contributed by atoms with Crippen molar-refractivity contribution < 1.29 is 24.2 Å². The Labute approximate surface area is 181 Å². The molecule has 7 heteroatoms. The summed E-state index contributed by atoms with van der Waals surface area (Å²) in [5.41, 5.74) is 0.552. The van der Waals surface area contributed by atoms with Gasteiger partial charge in [0.15, 0.2) is 11.5 Å². The lowest BCUT2D eigenvalue weighted by Gasteiger charge is -2.33. The van der Waals surface area contributed by atoms with Gasteiger partial charge in [-0.1, -0.05) is 24.3 Å². The van der Waals surface area contributed by atoms with Gasteiger partial charge in [-0.25, -0.2) is 0 Å². The molecule has 1 aliphatic rings. The number of nitrogens with zero attached hydrogens (tertiary/aromatic N) is 1. The molecule has 1 amide bonds. The van der Waals surface area contributed by atoms with Crippen LogP contribution in [0.15, 0.2) is 53.4 Å². The van der Waals surface area contributed by atoms with E-state index in [1.807, 2.05) is 48.2 Å². The molecule has 0 saturated carbocycles. The van der Waals surface area contributed by atoms with Gasteiger partial charge in [-0.3, -0.25) is 9.59 Å². The van der Waals surface area contributed by atoms with E-state index in [-0.39, 0.29) is 12.0 Å². The molecule has 1 fully saturated rings. The molecule has 1 heterocycles. The number of hydrogen-bond acceptors (Lipinski definition) is 5. The number of aliphatic carboxylic acids is 1. The highest BCUT2D eigenvalue weighted by atomic mass is 32.2. The second-order valence-electron chi connectivity index (χ2n) is 7.08. The Morgan fingerprint density at radius 3 is 2.40 bits per heavy atom. The van der Waals surface area contributed by atoms with Crippen LogP contribution < -0.4 is 9.47 Å². The fourth-order valence-corrected chi connectivity index (χ4v) is 4.26. The number of likely N-dealkylation sites (tertiary alicyclic amines) is 1. The molecule has 0 aromatic heterocycles. The van der Waals surface area contributed by atoms with Gasteiger partial charge in [0.2, 0.25) is 0 Å². The minimum atomic E-state index is -0.896. The molecule has 3 rings (SSSR count). The smallest absolute Gasteiger partial charge is 0.316 e. The Kier molecular flexibility index (Phi) is 7.63. The van der Waals surface area contributed by atoms with E-state index in [0.29, 0.717) is 30.2 Å². The molecule has 0 radical (unpaired) electrons. The molecule has 1 unspecified atom stereocenters. The van der Waals surface area contributed by atoms with E-state index >= 15 is 0 Å². The maximum absolute atomic E-state index is 13.1. The highest BCUT2D eigenvalue weighted by molar-refractivity contribution is 8.00. The van der Waals surface area contributed by atoms with Crippen LogP contribution in [0.2, 0.25) is 0 Å². The Balaban J connectivity index is 1.62. The van der Waals surface area contributed by atoms with Crippen LogP contribution in [0.25, 0.3) is 0 Å². The third-order valence-electron chi connectivity index (χ3n) is 4.94. The Bertz CT molecular complexity index is 879. The van der Waals surface area contributed by atoms with Crippen LogP contribution in [-0.2, 0) is 4.79 Å². The summed E-state index contributed by atoms with van der Waals surface area (Å²) < 4.78 is 11.8. The topological polar surface area (TPSA) is 76.1 Å². The summed E-state index contributed by atoms with van der Waals surface area (Å²) in [6.07, 6.45) is 1.48. The number of ether oxygens (including phenoxy) is 2. The fourth-order valence-electron chi connectivity index (χ4n) is 3.34. The number of benzene rings is 2. The highest BCUT2D eigenvalue weighted by Gasteiger charge is 2.27. The molecule has 0 spiro atoms. The van der Waals surface area contributed by atoms with Crippen molar-refractivity contribution in [2.75, 3.05) is 19.7 Å². The number of piperidine rings is 1. The average Bonchev–Trinajstić information content (AvgIpc) is 2.75. The predicted molar refractivity (Wildman–Crippen MR) is 117 cm³/mol. The number of para-hydroxylation sites is 2. The molecule has 2 aromatic rings. The molecule has 1 atom stereocenters. The van der Waals surface area contributed by atoms with E-state index in [1.54, 1.807) is 19.1 Å². The Morgan fingerprint density at radius 2 is 1.73 bits per heavy atom. The predicted octanol–water partition coefficient (Wildman–Crippen LogP) is 4.33. The van der Waals surface area contributed by atoms with Gasteiger partial charge in [-0.05, 0) is 38.1 Å². The third-order valence-corrected chi connectivity index (χ3v) is 6.11. The first-order valence-electron chi connectivity index (χ1n) is 10.2. The summed E-state index contributed by atoms with van der Waals surface area (Å²) >= 11 is 1.19. The SMILES string of the molecule is CCOc1ccccc1OC1CCN(C(=O)c2ccccc2SC(C)C(=O)O)CC1. The lowest BCUT2D eigenvalue weighted by molar-refractivity contribution is -0.136. The number of rotatable bonds is 8. The second-order valence-corrected chi connectivity index (χ2v) is 8.47. The molecule has 1 saturated heterocycles. The second kappa shape index (κ2) is 10.4. The maximum atomic E-state index is 13.1. The normalized spacial score (nSPS) is 15.5. The van der Waals surface area contributed by atoms with Crippen molar-refractivity contribution >= 4 is 23.6 Å². The van der Waals surface area contributed by atoms with Crippen molar-refractivity contribution in [3.8, 4) is 11.5 Å². The largest absolute Gasteiger partial charge is 0.490 e. The monoisotopic (exact) mass is 429 g/mol. The van der Waals surface area contributed by atoms with Crippen molar-refractivity contribution in [3.63, 3.8) is 0 Å². The van der Waals surface area contributed by atoms with Crippen LogP contribution in [-0.4, -0.2) is 52.9 Å². The van der Waals surface area contributed by atoms with Crippen LogP contribution in [0.4, 0.5) is 0 Å². The van der Waals surface area contributed by atoms with Crippen LogP contribution in [0.1, 0.15) is 37.0 Å². The van der Waals surface area contributed by atoms with Crippen LogP contribution >= 0.6 is 11.8 Å². The lowest BCUT2D eigenvalue weighted by atomic mass is 10.1. The summed E-state index contributed by atoms with van der Waals surface area (Å²) in [6, 6.07) is 14.8. The molecule has 160 valence electrons. The summed E-state index contributed by atoms with van der Waals surface area (Å²) in [5.74, 6) is 0.502. The number of hydrogen-bond donors (Lipinski definition) is 1. The zero-order valence-corrected chi connectivity index (χ0v) is 18.1. The number of carbonyl (C=O) groups is 2. The van der Waals surface area contributed by atoms with Gasteiger partial charge < -0.3 is 19.5 Å². The van der Waals surface area contributed by atoms with Gasteiger partial charge in [0.1, 0.15) is 11.4 Å². The maximum Gasteiger partial charge on any atom is 0.316 e. The minimum absolute atomic E-state index is 0.0207. The molecule has 6 nitrogen and oxygen atoms in total. The quantitative estimate of drug-likeness (QED) is 0.630. The van der Waals surface area contributed by atoms with E-state index in [0.717, 1.165) is 24.3 Å². The number of carbonyl (C=O) groups excluding carboxylic acids is 1. The summed E-state index contributed by atoms with van der Waals surface area (Å²) in [5, 5.41) is 8.56. The van der Waals surface area contributed by atoms with Crippen LogP contribution in [0, 0.1) is 0 Å². The van der Waals surface area contributed by atoms with Gasteiger partial charge >= 0.3 is 5.97 Å². The lowest BCUT2D eigenvalue weighted by Crippen LogP contribution is -2.42. The van der Waals surface area contributed by atoms with Gasteiger partial charge in [0.25, 0.3) is 5.91 Å². The van der Waals surface area contributed by atoms with Crippen LogP contribution in [0.3, 0.4) is 0 Å². The molecule has 0 bridgehead atoms. The van der Waals surface area contributed by atoms with E-state index in [1.165, 1.54) is 11.8 Å². The van der Waals surface area contributed by atoms with Gasteiger partial charge in [0, 0.05) is 30.8 Å². The molecule has 1 N–H and O–H groups in total. The first kappa shape index (κ1) is 22.0. The molecular weight excluding hydrogens is 402 g/mol. The van der Waals surface area contributed by atoms with Crippen LogP contribution in [0.5, 0.6) is 11.5 Å². The Hall–Kier alpha value is -2.67. The molecule has 2 aromatic carbocycles. The standard InChI is InChI=1S/C23H27NO5S/c1-3-28-19-9-5-6-10-20(19)29-17-12-14-24(15-13-17)22(25)18-8-4-7-11-21(18)30-16(2)23(26)27/h4-11,16-17H,3,12-15H2,1-2H3,(H,26,27). The molecule has 1 aliphatic heterocycles. The molecule has 0 aliphatic carbocycles. The zero-order valence-electron chi connectivity index (χ0n) is 17.2. The molecule has 30 heavy (non-hydrogen) atoms. The summed E-state index contributed by atoms with van der Waals surface area (Å²) in [4.78, 5) is 26.8. The van der Waals surface area contributed by atoms with Crippen molar-refractivity contribution in [1.82, 2.24) is 4.90 Å². The van der Waals surface area contributed by atoms with Crippen molar-refractivity contribution in [3.05, 3.63) is 54.1 Å². The summed E-state index contributed by atoms with van der Waals surface area (Å²) in [7, 11) is 0. The van der Waals surface area contributed by atoms with Gasteiger partial charge in [-0.15, -0.1) is 11.8 Å². The highest BCUT2D eigenvalue weighted by Crippen LogP contribution is 2.31. The number of carboxylic acids is 1. The minimum Gasteiger partial charge on any atom is -0.490 e. The number of carboxylic acid groups (broad SMARTS) is 1. The first-order chi connectivity index (χ1) is 14.5. The molecular formula is C23H27NO5S. The van der Waals surface area contributed by atoms with Crippen molar-refractivity contribution in [1.29, 1.82) is 0 Å². The summed E-state index contributed by atoms with van der Waals surface area (Å²) in [6.45, 7) is 5.32. The van der Waals surface area contributed by atoms with Gasteiger partial charge in [0.05, 0.1) is 12.2 Å². The van der Waals surface area contributed by atoms with Gasteiger partial charge in [-0.2, -0.15) is 0 Å².